The Bertz CT molecular complexity index is 2400. The number of fused-ring (bicyclic) bond motifs is 2. The van der Waals surface area contributed by atoms with Crippen LogP contribution >= 0.6 is 0 Å². The highest BCUT2D eigenvalue weighted by Gasteiger charge is 2.21. The fourth-order valence-electron chi connectivity index (χ4n) is 6.42. The van der Waals surface area contributed by atoms with Gasteiger partial charge in [0.25, 0.3) is 0 Å². The number of anilines is 2. The lowest BCUT2D eigenvalue weighted by molar-refractivity contribution is 0.328. The maximum atomic E-state index is 6.32. The van der Waals surface area contributed by atoms with Gasteiger partial charge in [0, 0.05) is 44.4 Å². The smallest absolute Gasteiger partial charge is 0.222 e. The Hall–Kier alpha value is -6.24. The molecule has 0 bridgehead atoms. The summed E-state index contributed by atoms with van der Waals surface area (Å²) in [5, 5.41) is 14.9. The molecule has 0 aliphatic carbocycles. The van der Waals surface area contributed by atoms with Gasteiger partial charge in [-0.15, -0.1) is 0 Å². The molecule has 1 aromatic carbocycles. The Morgan fingerprint density at radius 3 is 1.73 bits per heavy atom. The number of hydrogen-bond acceptors (Lipinski definition) is 11. The van der Waals surface area contributed by atoms with Crippen LogP contribution in [0, 0.1) is 0 Å². The lowest BCUT2D eigenvalue weighted by atomic mass is 10.0. The summed E-state index contributed by atoms with van der Waals surface area (Å²) in [5.41, 5.74) is 16.0. The van der Waals surface area contributed by atoms with Crippen LogP contribution in [0.4, 0.5) is 11.4 Å². The van der Waals surface area contributed by atoms with E-state index in [0.29, 0.717) is 37.2 Å². The number of rotatable bonds is 12. The standard InChI is InChI=1S/C25H29N5O2.C17H21N5O/c1-6-32-25-19(8-7-13-26-25)20-14-21(27-15-17-9-11-18(31-5)12-10-17)22-23(16(2)3)29-30(4)24(22)28-20;1-5-23-17-11(7-6-8-19-17)13-9-12(18)14-15(10(2)3)21-22(4)16(14)20-13/h7-14,16H,6,15H2,1-5H3,(H,27,28);6-10H,5H2,1-4H3,(H2,18,20). The van der Waals surface area contributed by atoms with Crippen LogP contribution in [0.15, 0.2) is 73.1 Å². The Kier molecular flexibility index (Phi) is 11.8. The van der Waals surface area contributed by atoms with E-state index in [4.69, 9.17) is 35.0 Å². The summed E-state index contributed by atoms with van der Waals surface area (Å²) in [6.07, 6.45) is 3.44. The zero-order chi connectivity index (χ0) is 39.2. The van der Waals surface area contributed by atoms with Gasteiger partial charge in [0.05, 0.1) is 65.0 Å². The molecule has 13 nitrogen and oxygen atoms in total. The van der Waals surface area contributed by atoms with Crippen molar-refractivity contribution < 1.29 is 14.2 Å². The molecule has 0 saturated heterocycles. The van der Waals surface area contributed by atoms with E-state index in [-0.39, 0.29) is 11.8 Å². The molecule has 13 heteroatoms. The number of aryl methyl sites for hydroxylation is 2. The Balaban J connectivity index is 0.000000197. The highest BCUT2D eigenvalue weighted by Crippen LogP contribution is 2.37. The minimum absolute atomic E-state index is 0.269. The van der Waals surface area contributed by atoms with Gasteiger partial charge in [0.1, 0.15) is 5.75 Å². The van der Waals surface area contributed by atoms with Crippen LogP contribution in [0.5, 0.6) is 17.5 Å². The molecule has 6 heterocycles. The Morgan fingerprint density at radius 2 is 1.22 bits per heavy atom. The minimum atomic E-state index is 0.269. The summed E-state index contributed by atoms with van der Waals surface area (Å²) in [7, 11) is 5.50. The summed E-state index contributed by atoms with van der Waals surface area (Å²) in [4.78, 5) is 18.4. The van der Waals surface area contributed by atoms with E-state index in [1.165, 1.54) is 0 Å². The molecule has 6 aromatic heterocycles. The van der Waals surface area contributed by atoms with E-state index >= 15 is 0 Å². The molecule has 3 N–H and O–H groups in total. The lowest BCUT2D eigenvalue weighted by Crippen LogP contribution is -2.03. The maximum absolute atomic E-state index is 6.32. The fraction of sp³-hybridized carbons (Fsp3) is 0.333. The van der Waals surface area contributed by atoms with Crippen LogP contribution in [0.1, 0.15) is 70.3 Å². The number of nitrogens with zero attached hydrogens (tertiary/aromatic N) is 8. The highest BCUT2D eigenvalue weighted by molar-refractivity contribution is 5.95. The minimum Gasteiger partial charge on any atom is -0.497 e. The van der Waals surface area contributed by atoms with Gasteiger partial charge in [0.15, 0.2) is 11.3 Å². The average Bonchev–Trinajstić information content (AvgIpc) is 3.72. The van der Waals surface area contributed by atoms with E-state index in [2.05, 4.69) is 66.3 Å². The monoisotopic (exact) mass is 742 g/mol. The third-order valence-electron chi connectivity index (χ3n) is 9.06. The second-order valence-electron chi connectivity index (χ2n) is 13.7. The second-order valence-corrected chi connectivity index (χ2v) is 13.7. The number of ether oxygens (including phenoxy) is 3. The SMILES string of the molecule is CCOc1ncccc1-c1cc(N)c2c(C(C)C)nn(C)c2n1.CCOc1ncccc1-c1cc(NCc2ccc(OC)cc2)c2c(C(C)C)nn(C)c2n1. The van der Waals surface area contributed by atoms with Crippen molar-refractivity contribution >= 4 is 33.4 Å². The molecule has 0 radical (unpaired) electrons. The fourth-order valence-corrected chi connectivity index (χ4v) is 6.42. The van der Waals surface area contributed by atoms with Gasteiger partial charge in [-0.2, -0.15) is 10.2 Å². The number of nitrogens with two attached hydrogens (primary N) is 1. The number of nitrogens with one attached hydrogen (secondary N) is 1. The zero-order valence-electron chi connectivity index (χ0n) is 33.1. The molecule has 286 valence electrons. The normalized spacial score (nSPS) is 11.3. The van der Waals surface area contributed by atoms with Crippen molar-refractivity contribution in [1.29, 1.82) is 0 Å². The number of pyridine rings is 4. The summed E-state index contributed by atoms with van der Waals surface area (Å²) in [5.74, 6) is 2.54. The van der Waals surface area contributed by atoms with Gasteiger partial charge in [-0.3, -0.25) is 9.36 Å². The van der Waals surface area contributed by atoms with Crippen molar-refractivity contribution in [3.63, 3.8) is 0 Å². The van der Waals surface area contributed by atoms with E-state index in [0.717, 1.165) is 73.0 Å². The molecule has 0 spiro atoms. The third kappa shape index (κ3) is 8.15. The van der Waals surface area contributed by atoms with Crippen molar-refractivity contribution in [3.05, 3.63) is 90.0 Å². The number of hydrogen-bond donors (Lipinski definition) is 2. The lowest BCUT2D eigenvalue weighted by Gasteiger charge is -2.14. The number of nitrogen functional groups attached to an aromatic ring is 1. The summed E-state index contributed by atoms with van der Waals surface area (Å²) < 4.78 is 20.3. The molecule has 0 unspecified atom stereocenters. The number of aromatic nitrogens is 8. The van der Waals surface area contributed by atoms with Crippen molar-refractivity contribution in [2.45, 2.75) is 59.9 Å². The molecule has 55 heavy (non-hydrogen) atoms. The van der Waals surface area contributed by atoms with Gasteiger partial charge < -0.3 is 25.3 Å². The molecule has 7 aromatic rings. The van der Waals surface area contributed by atoms with Crippen LogP contribution in [0.2, 0.25) is 0 Å². The van der Waals surface area contributed by atoms with Crippen LogP contribution in [-0.4, -0.2) is 59.8 Å². The van der Waals surface area contributed by atoms with Crippen LogP contribution in [-0.2, 0) is 20.6 Å². The van der Waals surface area contributed by atoms with Crippen molar-refractivity contribution in [1.82, 2.24) is 39.5 Å². The van der Waals surface area contributed by atoms with Gasteiger partial charge in [0.2, 0.25) is 11.8 Å². The zero-order valence-corrected chi connectivity index (χ0v) is 33.1. The molecule has 0 amide bonds. The molecule has 7 rings (SSSR count). The van der Waals surface area contributed by atoms with Crippen LogP contribution in [0.3, 0.4) is 0 Å². The van der Waals surface area contributed by atoms with E-state index in [1.807, 2.05) is 75.1 Å². The molecule has 0 saturated carbocycles. The topological polar surface area (TPSA) is 153 Å². The van der Waals surface area contributed by atoms with E-state index in [9.17, 15) is 0 Å². The molecular formula is C42H50N10O3. The van der Waals surface area contributed by atoms with Crippen molar-refractivity contribution in [3.8, 4) is 40.0 Å². The van der Waals surface area contributed by atoms with Gasteiger partial charge in [-0.25, -0.2) is 19.9 Å². The highest BCUT2D eigenvalue weighted by atomic mass is 16.5. The molecule has 0 aliphatic rings. The van der Waals surface area contributed by atoms with Crippen LogP contribution in [0.25, 0.3) is 44.6 Å². The predicted octanol–water partition coefficient (Wildman–Crippen LogP) is 8.31. The quantitative estimate of drug-likeness (QED) is 0.124. The average molecular weight is 743 g/mol. The number of benzene rings is 1. The molecule has 0 fully saturated rings. The molecule has 0 aliphatic heterocycles. The largest absolute Gasteiger partial charge is 0.497 e. The predicted molar refractivity (Wildman–Crippen MR) is 219 cm³/mol. The summed E-state index contributed by atoms with van der Waals surface area (Å²) >= 11 is 0. The van der Waals surface area contributed by atoms with E-state index in [1.54, 1.807) is 24.2 Å². The first kappa shape index (κ1) is 38.5. The van der Waals surface area contributed by atoms with Crippen molar-refractivity contribution in [2.24, 2.45) is 14.1 Å². The maximum Gasteiger partial charge on any atom is 0.222 e. The number of methoxy groups -OCH3 is 1. The van der Waals surface area contributed by atoms with Crippen molar-refractivity contribution in [2.75, 3.05) is 31.4 Å². The van der Waals surface area contributed by atoms with Gasteiger partial charge in [-0.1, -0.05) is 39.8 Å². The van der Waals surface area contributed by atoms with E-state index < -0.39 is 0 Å². The third-order valence-corrected chi connectivity index (χ3v) is 9.06. The summed E-state index contributed by atoms with van der Waals surface area (Å²) in [6.45, 7) is 14.1. The van der Waals surface area contributed by atoms with Gasteiger partial charge >= 0.3 is 0 Å². The second kappa shape index (κ2) is 16.8. The molecular weight excluding hydrogens is 693 g/mol. The first-order valence-corrected chi connectivity index (χ1v) is 18.6. The van der Waals surface area contributed by atoms with Gasteiger partial charge in [-0.05, 0) is 79.8 Å². The first-order valence-electron chi connectivity index (χ1n) is 18.6. The van der Waals surface area contributed by atoms with Crippen LogP contribution < -0.4 is 25.3 Å². The summed E-state index contributed by atoms with van der Waals surface area (Å²) in [6, 6.07) is 19.7. The first-order chi connectivity index (χ1) is 26.5. The Morgan fingerprint density at radius 1 is 0.709 bits per heavy atom. The molecule has 0 atom stereocenters. The Labute approximate surface area is 321 Å².